The molecule has 0 unspecified atom stereocenters. The number of terminal acetylenes is 1. The van der Waals surface area contributed by atoms with E-state index in [0.717, 1.165) is 5.56 Å². The minimum absolute atomic E-state index is 0.242. The molecule has 0 radical (unpaired) electrons. The highest BCUT2D eigenvalue weighted by atomic mass is 35.5. The van der Waals surface area contributed by atoms with Crippen molar-refractivity contribution in [3.8, 4) is 12.3 Å². The number of halogens is 1. The van der Waals surface area contributed by atoms with Crippen LogP contribution >= 0.6 is 11.6 Å². The highest BCUT2D eigenvalue weighted by Gasteiger charge is 2.07. The highest BCUT2D eigenvalue weighted by Crippen LogP contribution is 2.17. The Morgan fingerprint density at radius 1 is 1.21 bits per heavy atom. The molecule has 0 saturated carbocycles. The van der Waals surface area contributed by atoms with Gasteiger partial charge in [0.2, 0.25) is 5.91 Å². The van der Waals surface area contributed by atoms with E-state index in [1.807, 2.05) is 0 Å². The van der Waals surface area contributed by atoms with E-state index in [0.29, 0.717) is 21.8 Å². The molecule has 0 heterocycles. The van der Waals surface area contributed by atoms with Crippen LogP contribution in [-0.4, -0.2) is 11.8 Å². The molecular weight excluding hydrogens is 324 g/mol. The van der Waals surface area contributed by atoms with Gasteiger partial charge < -0.3 is 10.6 Å². The van der Waals surface area contributed by atoms with Crippen molar-refractivity contribution in [1.29, 1.82) is 0 Å². The third-order valence-corrected chi connectivity index (χ3v) is 3.61. The van der Waals surface area contributed by atoms with Crippen molar-refractivity contribution >= 4 is 29.1 Å². The summed E-state index contributed by atoms with van der Waals surface area (Å²) >= 11 is 6.13. The highest BCUT2D eigenvalue weighted by molar-refractivity contribution is 6.31. The smallest absolute Gasteiger partial charge is 0.251 e. The molecule has 0 atom stereocenters. The predicted octanol–water partition coefficient (Wildman–Crippen LogP) is 3.38. The van der Waals surface area contributed by atoms with E-state index in [2.05, 4.69) is 23.1 Å². The van der Waals surface area contributed by atoms with Crippen LogP contribution < -0.4 is 10.6 Å². The van der Waals surface area contributed by atoms with E-state index < -0.39 is 0 Å². The number of rotatable bonds is 5. The Hall–Kier alpha value is -3.03. The molecule has 0 aliphatic carbocycles. The minimum atomic E-state index is -0.308. The molecule has 2 N–H and O–H groups in total. The van der Waals surface area contributed by atoms with Crippen molar-refractivity contribution in [1.82, 2.24) is 5.32 Å². The lowest BCUT2D eigenvalue weighted by atomic mass is 10.1. The van der Waals surface area contributed by atoms with Crippen molar-refractivity contribution < 1.29 is 9.59 Å². The summed E-state index contributed by atoms with van der Waals surface area (Å²) in [7, 11) is 0. The zero-order chi connectivity index (χ0) is 17.5. The second kappa shape index (κ2) is 8.00. The first-order valence-electron chi connectivity index (χ1n) is 7.10. The molecule has 0 bridgehead atoms. The number of carbonyl (C=O) groups is 2. The van der Waals surface area contributed by atoms with Crippen LogP contribution in [0, 0.1) is 12.3 Å². The molecule has 24 heavy (non-hydrogen) atoms. The van der Waals surface area contributed by atoms with Crippen molar-refractivity contribution in [2.24, 2.45) is 0 Å². The zero-order valence-electron chi connectivity index (χ0n) is 12.8. The van der Waals surface area contributed by atoms with Crippen LogP contribution in [0.5, 0.6) is 0 Å². The fourth-order valence-electron chi connectivity index (χ4n) is 1.96. The molecule has 120 valence electrons. The summed E-state index contributed by atoms with van der Waals surface area (Å²) in [5.74, 6) is 1.95. The Morgan fingerprint density at radius 3 is 2.50 bits per heavy atom. The quantitative estimate of drug-likeness (QED) is 0.648. The van der Waals surface area contributed by atoms with E-state index in [1.54, 1.807) is 42.5 Å². The van der Waals surface area contributed by atoms with Crippen LogP contribution in [0.3, 0.4) is 0 Å². The number of hydrogen-bond acceptors (Lipinski definition) is 2. The Morgan fingerprint density at radius 2 is 1.92 bits per heavy atom. The van der Waals surface area contributed by atoms with Gasteiger partial charge in [0, 0.05) is 28.4 Å². The number of nitrogens with one attached hydrogen (secondary N) is 2. The molecule has 5 heteroatoms. The van der Waals surface area contributed by atoms with Crippen LogP contribution in [0.25, 0.3) is 0 Å². The lowest BCUT2D eigenvalue weighted by Crippen LogP contribution is -2.23. The maximum atomic E-state index is 12.2. The Labute approximate surface area is 145 Å². The summed E-state index contributed by atoms with van der Waals surface area (Å²) in [5, 5.41) is 5.91. The average Bonchev–Trinajstić information content (AvgIpc) is 2.60. The van der Waals surface area contributed by atoms with Gasteiger partial charge in [0.05, 0.1) is 0 Å². The van der Waals surface area contributed by atoms with Gasteiger partial charge in [-0.15, -0.1) is 6.42 Å². The first-order chi connectivity index (χ1) is 11.5. The van der Waals surface area contributed by atoms with Crippen LogP contribution in [-0.2, 0) is 11.3 Å². The second-order valence-corrected chi connectivity index (χ2v) is 5.31. The Bertz CT molecular complexity index is 820. The van der Waals surface area contributed by atoms with Gasteiger partial charge in [-0.05, 0) is 48.0 Å². The first-order valence-corrected chi connectivity index (χ1v) is 7.48. The van der Waals surface area contributed by atoms with Crippen molar-refractivity contribution in [2.75, 3.05) is 5.32 Å². The van der Waals surface area contributed by atoms with Crippen molar-refractivity contribution in [2.45, 2.75) is 6.54 Å². The molecule has 2 rings (SSSR count). The lowest BCUT2D eigenvalue weighted by Gasteiger charge is -2.08. The van der Waals surface area contributed by atoms with E-state index >= 15 is 0 Å². The van der Waals surface area contributed by atoms with E-state index in [-0.39, 0.29) is 18.4 Å². The third-order valence-electron chi connectivity index (χ3n) is 3.26. The molecule has 0 saturated heterocycles. The normalized spacial score (nSPS) is 9.67. The second-order valence-electron chi connectivity index (χ2n) is 4.90. The van der Waals surface area contributed by atoms with Gasteiger partial charge in [0.25, 0.3) is 5.91 Å². The SMILES string of the molecule is C#Cc1ccc(CNC(=O)c2ccc(NC(=O)C=C)cc2)c(Cl)c1. The molecule has 2 aromatic carbocycles. The largest absolute Gasteiger partial charge is 0.348 e. The van der Waals surface area contributed by atoms with Gasteiger partial charge in [-0.2, -0.15) is 0 Å². The predicted molar refractivity (Wildman–Crippen MR) is 95.8 cm³/mol. The van der Waals surface area contributed by atoms with Gasteiger partial charge in [-0.3, -0.25) is 9.59 Å². The van der Waals surface area contributed by atoms with Crippen LogP contribution in [0.2, 0.25) is 5.02 Å². The van der Waals surface area contributed by atoms with Gasteiger partial charge in [-0.25, -0.2) is 0 Å². The van der Waals surface area contributed by atoms with Gasteiger partial charge in [0.15, 0.2) is 0 Å². The summed E-state index contributed by atoms with van der Waals surface area (Å²) < 4.78 is 0. The fourth-order valence-corrected chi connectivity index (χ4v) is 2.20. The minimum Gasteiger partial charge on any atom is -0.348 e. The average molecular weight is 339 g/mol. The molecular formula is C19H15ClN2O2. The molecule has 0 aliphatic heterocycles. The van der Waals surface area contributed by atoms with Crippen LogP contribution in [0.4, 0.5) is 5.69 Å². The van der Waals surface area contributed by atoms with Gasteiger partial charge >= 0.3 is 0 Å². The third kappa shape index (κ3) is 4.48. The number of hydrogen-bond donors (Lipinski definition) is 2. The van der Waals surface area contributed by atoms with Crippen molar-refractivity contribution in [3.05, 3.63) is 76.8 Å². The number of amides is 2. The van der Waals surface area contributed by atoms with Crippen LogP contribution in [0.15, 0.2) is 55.1 Å². The number of anilines is 1. The van der Waals surface area contributed by atoms with E-state index in [9.17, 15) is 9.59 Å². The number of benzene rings is 2. The topological polar surface area (TPSA) is 58.2 Å². The molecule has 4 nitrogen and oxygen atoms in total. The standard InChI is InChI=1S/C19H15ClN2O2/c1-3-13-5-6-15(17(20)11-13)12-21-19(24)14-7-9-16(10-8-14)22-18(23)4-2/h1,4-11H,2,12H2,(H,21,24)(H,22,23). The molecule has 0 aliphatic rings. The molecule has 2 amide bonds. The zero-order valence-corrected chi connectivity index (χ0v) is 13.6. The Balaban J connectivity index is 1.99. The molecule has 2 aromatic rings. The molecule has 0 spiro atoms. The summed E-state index contributed by atoms with van der Waals surface area (Å²) in [5.41, 5.74) is 2.53. The maximum absolute atomic E-state index is 12.2. The van der Waals surface area contributed by atoms with Gasteiger partial charge in [0.1, 0.15) is 0 Å². The Kier molecular flexibility index (Phi) is 5.78. The number of carbonyl (C=O) groups excluding carboxylic acids is 2. The van der Waals surface area contributed by atoms with Crippen LogP contribution in [0.1, 0.15) is 21.5 Å². The maximum Gasteiger partial charge on any atom is 0.251 e. The monoisotopic (exact) mass is 338 g/mol. The van der Waals surface area contributed by atoms with E-state index in [1.165, 1.54) is 6.08 Å². The first kappa shape index (κ1) is 17.3. The lowest BCUT2D eigenvalue weighted by molar-refractivity contribution is -0.111. The summed E-state index contributed by atoms with van der Waals surface area (Å²) in [6.45, 7) is 3.66. The molecule has 0 fully saturated rings. The summed E-state index contributed by atoms with van der Waals surface area (Å²) in [6, 6.07) is 11.8. The summed E-state index contributed by atoms with van der Waals surface area (Å²) in [6.07, 6.45) is 6.48. The van der Waals surface area contributed by atoms with Gasteiger partial charge in [-0.1, -0.05) is 30.2 Å². The molecule has 0 aromatic heterocycles. The fraction of sp³-hybridized carbons (Fsp3) is 0.0526. The summed E-state index contributed by atoms with van der Waals surface area (Å²) in [4.78, 5) is 23.4. The van der Waals surface area contributed by atoms with E-state index in [4.69, 9.17) is 18.0 Å². The van der Waals surface area contributed by atoms with Crippen molar-refractivity contribution in [3.63, 3.8) is 0 Å².